The molecule has 0 N–H and O–H groups in total. The van der Waals surface area contributed by atoms with Gasteiger partial charge in [0.1, 0.15) is 0 Å². The molecule has 2 aliphatic heterocycles. The van der Waals surface area contributed by atoms with Gasteiger partial charge in [0.2, 0.25) is 5.91 Å². The third-order valence-electron chi connectivity index (χ3n) is 8.04. The van der Waals surface area contributed by atoms with Crippen LogP contribution in [0.5, 0.6) is 0 Å². The Balaban J connectivity index is 0.00000112. The summed E-state index contributed by atoms with van der Waals surface area (Å²) < 4.78 is 0. The number of nitrogens with zero attached hydrogens (tertiary/aromatic N) is 2. The lowest BCUT2D eigenvalue weighted by Crippen LogP contribution is -2.34. The topological polar surface area (TPSA) is 23.6 Å². The Kier molecular flexibility index (Phi) is 7.18. The fourth-order valence-electron chi connectivity index (χ4n) is 6.44. The van der Waals surface area contributed by atoms with Crippen LogP contribution in [-0.2, 0) is 11.2 Å². The molecule has 0 radical (unpaired) electrons. The molecule has 3 fully saturated rings. The number of amides is 1. The first-order chi connectivity index (χ1) is 15.2. The number of benzene rings is 1. The smallest absolute Gasteiger partial charge is 0.225 e. The van der Waals surface area contributed by atoms with Gasteiger partial charge in [-0.05, 0) is 81.2 Å². The molecule has 0 aromatic heterocycles. The van der Waals surface area contributed by atoms with Crippen LogP contribution < -0.4 is 0 Å². The number of carbonyl (C=O) groups excluding carboxylic acids is 1. The second-order valence-corrected chi connectivity index (χ2v) is 9.98. The Bertz CT molecular complexity index is 809. The summed E-state index contributed by atoms with van der Waals surface area (Å²) in [7, 11) is 0. The molecule has 0 spiro atoms. The molecule has 4 aliphatic rings. The normalized spacial score (nSPS) is 26.2. The van der Waals surface area contributed by atoms with Gasteiger partial charge in [0.05, 0.1) is 0 Å². The first-order valence-electron chi connectivity index (χ1n) is 12.3. The Morgan fingerprint density at radius 3 is 2.35 bits per heavy atom. The summed E-state index contributed by atoms with van der Waals surface area (Å²) in [6.45, 7) is 8.01. The van der Waals surface area contributed by atoms with Gasteiger partial charge in [-0.25, -0.2) is 0 Å². The van der Waals surface area contributed by atoms with E-state index in [-0.39, 0.29) is 0 Å². The molecular weight excluding hydrogens is 380 g/mol. The molecule has 1 aromatic carbocycles. The zero-order chi connectivity index (χ0) is 21.8. The van der Waals surface area contributed by atoms with E-state index in [0.29, 0.717) is 23.7 Å². The number of rotatable bonds is 5. The molecule has 2 unspecified atom stereocenters. The molecule has 2 saturated heterocycles. The average Bonchev–Trinajstić information content (AvgIpc) is 3.59. The van der Waals surface area contributed by atoms with Crippen LogP contribution in [0.2, 0.25) is 0 Å². The van der Waals surface area contributed by atoms with Gasteiger partial charge in [0.25, 0.3) is 0 Å². The van der Waals surface area contributed by atoms with E-state index in [2.05, 4.69) is 53.8 Å². The first kappa shape index (κ1) is 22.2. The van der Waals surface area contributed by atoms with E-state index in [1.165, 1.54) is 62.9 Å². The number of likely N-dealkylation sites (tertiary alicyclic amines) is 2. The first-order valence-corrected chi connectivity index (χ1v) is 12.3. The van der Waals surface area contributed by atoms with Crippen molar-refractivity contribution in [3.05, 3.63) is 41.0 Å². The summed E-state index contributed by atoms with van der Waals surface area (Å²) in [4.78, 5) is 17.7. The molecule has 2 heterocycles. The minimum Gasteiger partial charge on any atom is -0.342 e. The Hall–Kier alpha value is -2.05. The lowest BCUT2D eigenvalue weighted by molar-refractivity contribution is -0.134. The van der Waals surface area contributed by atoms with Gasteiger partial charge in [0, 0.05) is 31.5 Å². The van der Waals surface area contributed by atoms with Gasteiger partial charge in [-0.1, -0.05) is 42.7 Å². The predicted molar refractivity (Wildman–Crippen MR) is 128 cm³/mol. The van der Waals surface area contributed by atoms with E-state index in [4.69, 9.17) is 0 Å². The third-order valence-corrected chi connectivity index (χ3v) is 8.04. The molecule has 1 aromatic rings. The van der Waals surface area contributed by atoms with Crippen molar-refractivity contribution in [2.75, 3.05) is 32.7 Å². The van der Waals surface area contributed by atoms with E-state index >= 15 is 0 Å². The zero-order valence-corrected chi connectivity index (χ0v) is 19.2. The van der Waals surface area contributed by atoms with Gasteiger partial charge in [-0.2, -0.15) is 0 Å². The highest BCUT2D eigenvalue weighted by Gasteiger charge is 2.43. The fraction of sp³-hybridized carbons (Fsp3) is 0.607. The van der Waals surface area contributed by atoms with Crippen LogP contribution in [0.25, 0.3) is 5.57 Å². The molecule has 31 heavy (non-hydrogen) atoms. The third kappa shape index (κ3) is 4.75. The van der Waals surface area contributed by atoms with Crippen LogP contribution >= 0.6 is 0 Å². The van der Waals surface area contributed by atoms with E-state index in [0.717, 1.165) is 32.4 Å². The summed E-state index contributed by atoms with van der Waals surface area (Å²) >= 11 is 0. The van der Waals surface area contributed by atoms with E-state index in [1.54, 1.807) is 11.1 Å². The van der Waals surface area contributed by atoms with Gasteiger partial charge < -0.3 is 9.80 Å². The lowest BCUT2D eigenvalue weighted by Gasteiger charge is -2.22. The molecule has 3 heteroatoms. The molecule has 0 bridgehead atoms. The van der Waals surface area contributed by atoms with Gasteiger partial charge in [-0.15, -0.1) is 12.8 Å². The van der Waals surface area contributed by atoms with Crippen LogP contribution in [0, 0.1) is 30.6 Å². The largest absolute Gasteiger partial charge is 0.342 e. The number of fused-ring (bicyclic) bond motifs is 1. The number of hydrogen-bond acceptors (Lipinski definition) is 2. The standard InChI is InChI=1S/C26H36N2O.C2H2/c1-19-16-23-17-28(26(29)22-6-2-3-7-22)18-24(23)25(19)21-10-8-20(9-11-21)12-15-27-13-4-5-14-27;1-2/h8-11,22-24H,2-7,12-18H2,1H3;1-2H. The number of terminal acetylenes is 1. The van der Waals surface area contributed by atoms with Crippen molar-refractivity contribution in [1.82, 2.24) is 9.80 Å². The van der Waals surface area contributed by atoms with Crippen LogP contribution in [0.4, 0.5) is 0 Å². The highest BCUT2D eigenvalue weighted by Crippen LogP contribution is 2.47. The van der Waals surface area contributed by atoms with Crippen LogP contribution in [0.15, 0.2) is 29.8 Å². The van der Waals surface area contributed by atoms with Crippen LogP contribution in [0.1, 0.15) is 63.0 Å². The van der Waals surface area contributed by atoms with Crippen molar-refractivity contribution in [3.8, 4) is 12.8 Å². The SMILES string of the molecule is C#C.CC1=C(c2ccc(CCN3CCCC3)cc2)C2CN(C(=O)C3CCCC3)CC2C1. The summed E-state index contributed by atoms with van der Waals surface area (Å²) in [6, 6.07) is 9.38. The van der Waals surface area contributed by atoms with E-state index in [1.807, 2.05) is 0 Å². The molecule has 2 aliphatic carbocycles. The average molecular weight is 419 g/mol. The molecule has 166 valence electrons. The molecular formula is C28H38N2O. The van der Waals surface area contributed by atoms with Crippen LogP contribution in [0.3, 0.4) is 0 Å². The molecule has 2 atom stereocenters. The predicted octanol–water partition coefficient (Wildman–Crippen LogP) is 5.02. The summed E-state index contributed by atoms with van der Waals surface area (Å²) in [5, 5.41) is 0. The minimum atomic E-state index is 0.317. The van der Waals surface area contributed by atoms with E-state index < -0.39 is 0 Å². The maximum absolute atomic E-state index is 12.9. The fourth-order valence-corrected chi connectivity index (χ4v) is 6.44. The molecule has 1 saturated carbocycles. The van der Waals surface area contributed by atoms with Gasteiger partial charge >= 0.3 is 0 Å². The lowest BCUT2D eigenvalue weighted by atomic mass is 9.90. The molecule has 5 rings (SSSR count). The maximum Gasteiger partial charge on any atom is 0.225 e. The van der Waals surface area contributed by atoms with Gasteiger partial charge in [-0.3, -0.25) is 4.79 Å². The van der Waals surface area contributed by atoms with Crippen molar-refractivity contribution >= 4 is 11.5 Å². The Morgan fingerprint density at radius 1 is 1.00 bits per heavy atom. The quantitative estimate of drug-likeness (QED) is 0.627. The second kappa shape index (κ2) is 10.0. The second-order valence-electron chi connectivity index (χ2n) is 9.98. The number of allylic oxidation sites excluding steroid dienone is 1. The van der Waals surface area contributed by atoms with E-state index in [9.17, 15) is 4.79 Å². The van der Waals surface area contributed by atoms with Crippen molar-refractivity contribution in [3.63, 3.8) is 0 Å². The van der Waals surface area contributed by atoms with Crippen molar-refractivity contribution in [1.29, 1.82) is 0 Å². The Morgan fingerprint density at radius 2 is 1.68 bits per heavy atom. The minimum absolute atomic E-state index is 0.317. The van der Waals surface area contributed by atoms with Crippen LogP contribution in [-0.4, -0.2) is 48.4 Å². The number of carbonyl (C=O) groups is 1. The van der Waals surface area contributed by atoms with Crippen molar-refractivity contribution in [2.45, 2.75) is 58.3 Å². The highest BCUT2D eigenvalue weighted by atomic mass is 16.2. The molecule has 1 amide bonds. The van der Waals surface area contributed by atoms with Crippen molar-refractivity contribution < 1.29 is 4.79 Å². The zero-order valence-electron chi connectivity index (χ0n) is 19.2. The molecule has 3 nitrogen and oxygen atoms in total. The van der Waals surface area contributed by atoms with Crippen molar-refractivity contribution in [2.24, 2.45) is 17.8 Å². The number of hydrogen-bond donors (Lipinski definition) is 0. The monoisotopic (exact) mass is 418 g/mol. The Labute approximate surface area is 188 Å². The summed E-state index contributed by atoms with van der Waals surface area (Å²) in [5.41, 5.74) is 5.95. The highest BCUT2D eigenvalue weighted by molar-refractivity contribution is 5.81. The summed E-state index contributed by atoms with van der Waals surface area (Å²) in [5.74, 6) is 1.96. The maximum atomic E-state index is 12.9. The van der Waals surface area contributed by atoms with Gasteiger partial charge in [0.15, 0.2) is 0 Å². The summed E-state index contributed by atoms with van der Waals surface area (Å²) in [6.07, 6.45) is 17.8.